The van der Waals surface area contributed by atoms with Gasteiger partial charge in [-0.05, 0) is 53.8 Å². The third kappa shape index (κ3) is 2.65. The molecule has 0 radical (unpaired) electrons. The average molecular weight is 276 g/mol. The van der Waals surface area contributed by atoms with E-state index < -0.39 is 17.7 Å². The highest BCUT2D eigenvalue weighted by Crippen LogP contribution is 2.33. The van der Waals surface area contributed by atoms with Crippen LogP contribution in [0.25, 0.3) is 0 Å². The number of ether oxygens (including phenoxy) is 1. The molecule has 0 amide bonds. The fourth-order valence-electron chi connectivity index (χ4n) is 2.52. The van der Waals surface area contributed by atoms with Crippen LogP contribution in [-0.2, 0) is 13.0 Å². The highest BCUT2D eigenvalue weighted by Gasteiger charge is 2.20. The molecule has 0 aliphatic heterocycles. The second kappa shape index (κ2) is 5.21. The van der Waals surface area contributed by atoms with E-state index in [4.69, 9.17) is 4.74 Å². The number of aliphatic hydroxyl groups is 1. The SMILES string of the molecule is OC1CCc2cc(OCc3cc(F)cc(F)c3)ccc21. The lowest BCUT2D eigenvalue weighted by Gasteiger charge is -2.09. The molecule has 0 aromatic heterocycles. The summed E-state index contributed by atoms with van der Waals surface area (Å²) in [6.45, 7) is 0.107. The minimum absolute atomic E-state index is 0.107. The highest BCUT2D eigenvalue weighted by molar-refractivity contribution is 5.40. The lowest BCUT2D eigenvalue weighted by atomic mass is 10.1. The normalized spacial score (nSPS) is 17.1. The molecule has 0 saturated carbocycles. The lowest BCUT2D eigenvalue weighted by molar-refractivity contribution is 0.180. The molecule has 1 atom stereocenters. The third-order valence-electron chi connectivity index (χ3n) is 3.49. The minimum Gasteiger partial charge on any atom is -0.489 e. The summed E-state index contributed by atoms with van der Waals surface area (Å²) in [5, 5.41) is 9.72. The van der Waals surface area contributed by atoms with E-state index in [1.54, 1.807) is 6.07 Å². The van der Waals surface area contributed by atoms with Gasteiger partial charge in [0.25, 0.3) is 0 Å². The second-order valence-corrected chi connectivity index (χ2v) is 4.98. The van der Waals surface area contributed by atoms with Crippen LogP contribution < -0.4 is 4.74 Å². The monoisotopic (exact) mass is 276 g/mol. The summed E-state index contributed by atoms with van der Waals surface area (Å²) in [4.78, 5) is 0. The van der Waals surface area contributed by atoms with Gasteiger partial charge in [0.1, 0.15) is 24.0 Å². The van der Waals surface area contributed by atoms with Gasteiger partial charge >= 0.3 is 0 Å². The first-order valence-corrected chi connectivity index (χ1v) is 6.50. The molecular weight excluding hydrogens is 262 g/mol. The van der Waals surface area contributed by atoms with Crippen molar-refractivity contribution in [2.24, 2.45) is 0 Å². The Morgan fingerprint density at radius 1 is 1.10 bits per heavy atom. The van der Waals surface area contributed by atoms with Crippen molar-refractivity contribution in [1.82, 2.24) is 0 Å². The Morgan fingerprint density at radius 3 is 2.60 bits per heavy atom. The van der Waals surface area contributed by atoms with Crippen molar-refractivity contribution in [2.75, 3.05) is 0 Å². The maximum atomic E-state index is 13.1. The Balaban J connectivity index is 1.72. The van der Waals surface area contributed by atoms with Gasteiger partial charge in [-0.1, -0.05) is 6.07 Å². The van der Waals surface area contributed by atoms with Crippen LogP contribution in [0, 0.1) is 11.6 Å². The van der Waals surface area contributed by atoms with Crippen molar-refractivity contribution in [3.63, 3.8) is 0 Å². The van der Waals surface area contributed by atoms with Crippen molar-refractivity contribution >= 4 is 0 Å². The first kappa shape index (κ1) is 13.1. The predicted molar refractivity (Wildman–Crippen MR) is 70.4 cm³/mol. The fraction of sp³-hybridized carbons (Fsp3) is 0.250. The smallest absolute Gasteiger partial charge is 0.126 e. The molecule has 4 heteroatoms. The number of hydrogen-bond donors (Lipinski definition) is 1. The van der Waals surface area contributed by atoms with Gasteiger partial charge in [-0.15, -0.1) is 0 Å². The van der Waals surface area contributed by atoms with Crippen LogP contribution in [0.3, 0.4) is 0 Å². The van der Waals surface area contributed by atoms with E-state index in [1.165, 1.54) is 12.1 Å². The van der Waals surface area contributed by atoms with E-state index in [0.29, 0.717) is 11.3 Å². The van der Waals surface area contributed by atoms with Gasteiger partial charge in [0.15, 0.2) is 0 Å². The van der Waals surface area contributed by atoms with Gasteiger partial charge in [0.05, 0.1) is 6.10 Å². The molecule has 0 saturated heterocycles. The molecule has 0 spiro atoms. The molecule has 0 bridgehead atoms. The Bertz CT molecular complexity index is 620. The lowest BCUT2D eigenvalue weighted by Crippen LogP contribution is -1.98. The molecule has 3 rings (SSSR count). The molecule has 1 aliphatic carbocycles. The number of hydrogen-bond acceptors (Lipinski definition) is 2. The van der Waals surface area contributed by atoms with Crippen molar-refractivity contribution in [3.8, 4) is 5.75 Å². The molecule has 2 nitrogen and oxygen atoms in total. The molecule has 1 unspecified atom stereocenters. The Labute approximate surface area is 115 Å². The molecule has 0 fully saturated rings. The summed E-state index contributed by atoms with van der Waals surface area (Å²) in [7, 11) is 0. The van der Waals surface area contributed by atoms with Crippen LogP contribution in [0.5, 0.6) is 5.75 Å². The van der Waals surface area contributed by atoms with Gasteiger partial charge in [-0.25, -0.2) is 8.78 Å². The van der Waals surface area contributed by atoms with E-state index in [9.17, 15) is 13.9 Å². The summed E-state index contributed by atoms with van der Waals surface area (Å²) in [5.41, 5.74) is 2.46. The zero-order valence-corrected chi connectivity index (χ0v) is 10.8. The van der Waals surface area contributed by atoms with Gasteiger partial charge < -0.3 is 9.84 Å². The summed E-state index contributed by atoms with van der Waals surface area (Å²) >= 11 is 0. The van der Waals surface area contributed by atoms with Crippen LogP contribution in [-0.4, -0.2) is 5.11 Å². The number of benzene rings is 2. The summed E-state index contributed by atoms with van der Waals surface area (Å²) in [6.07, 6.45) is 1.16. The van der Waals surface area contributed by atoms with E-state index in [0.717, 1.165) is 30.0 Å². The summed E-state index contributed by atoms with van der Waals surface area (Å²) in [5.74, 6) is -0.580. The van der Waals surface area contributed by atoms with Crippen molar-refractivity contribution in [2.45, 2.75) is 25.6 Å². The standard InChI is InChI=1S/C16H14F2O2/c17-12-5-10(6-13(18)8-12)9-20-14-2-3-15-11(7-14)1-4-16(15)19/h2-3,5-8,16,19H,1,4,9H2. The Morgan fingerprint density at radius 2 is 1.85 bits per heavy atom. The number of rotatable bonds is 3. The molecule has 2 aromatic carbocycles. The quantitative estimate of drug-likeness (QED) is 0.929. The molecule has 104 valence electrons. The number of fused-ring (bicyclic) bond motifs is 1. The second-order valence-electron chi connectivity index (χ2n) is 4.98. The molecule has 0 heterocycles. The highest BCUT2D eigenvalue weighted by atomic mass is 19.1. The van der Waals surface area contributed by atoms with Gasteiger partial charge in [-0.2, -0.15) is 0 Å². The minimum atomic E-state index is -0.610. The van der Waals surface area contributed by atoms with Crippen molar-refractivity contribution < 1.29 is 18.6 Å². The van der Waals surface area contributed by atoms with E-state index in [2.05, 4.69) is 0 Å². The van der Waals surface area contributed by atoms with Gasteiger partial charge in [0, 0.05) is 6.07 Å². The summed E-state index contributed by atoms with van der Waals surface area (Å²) < 4.78 is 31.7. The van der Waals surface area contributed by atoms with E-state index in [1.807, 2.05) is 12.1 Å². The largest absolute Gasteiger partial charge is 0.489 e. The molecule has 1 aliphatic rings. The topological polar surface area (TPSA) is 29.5 Å². The van der Waals surface area contributed by atoms with Gasteiger partial charge in [-0.3, -0.25) is 0 Å². The Hall–Kier alpha value is -1.94. The first-order valence-electron chi connectivity index (χ1n) is 6.50. The summed E-state index contributed by atoms with van der Waals surface area (Å²) in [6, 6.07) is 8.82. The fourth-order valence-corrected chi connectivity index (χ4v) is 2.52. The average Bonchev–Trinajstić information content (AvgIpc) is 2.77. The number of aliphatic hydroxyl groups excluding tert-OH is 1. The van der Waals surface area contributed by atoms with Gasteiger partial charge in [0.2, 0.25) is 0 Å². The zero-order valence-electron chi connectivity index (χ0n) is 10.8. The van der Waals surface area contributed by atoms with Crippen LogP contribution in [0.15, 0.2) is 36.4 Å². The van der Waals surface area contributed by atoms with Crippen LogP contribution in [0.4, 0.5) is 8.78 Å². The van der Waals surface area contributed by atoms with E-state index in [-0.39, 0.29) is 6.61 Å². The number of halogens is 2. The maximum Gasteiger partial charge on any atom is 0.126 e. The molecule has 2 aromatic rings. The maximum absolute atomic E-state index is 13.1. The van der Waals surface area contributed by atoms with Crippen molar-refractivity contribution in [3.05, 3.63) is 64.7 Å². The van der Waals surface area contributed by atoms with Crippen LogP contribution in [0.1, 0.15) is 29.2 Å². The van der Waals surface area contributed by atoms with Crippen LogP contribution >= 0.6 is 0 Å². The third-order valence-corrected chi connectivity index (χ3v) is 3.49. The first-order chi connectivity index (χ1) is 9.61. The number of aryl methyl sites for hydroxylation is 1. The van der Waals surface area contributed by atoms with Crippen molar-refractivity contribution in [1.29, 1.82) is 0 Å². The zero-order chi connectivity index (χ0) is 14.1. The van der Waals surface area contributed by atoms with Crippen LogP contribution in [0.2, 0.25) is 0 Å². The molecular formula is C16H14F2O2. The molecule has 20 heavy (non-hydrogen) atoms. The molecule has 1 N–H and O–H groups in total. The Kier molecular flexibility index (Phi) is 3.40. The van der Waals surface area contributed by atoms with E-state index >= 15 is 0 Å². The predicted octanol–water partition coefficient (Wildman–Crippen LogP) is 3.52.